The van der Waals surface area contributed by atoms with Gasteiger partial charge >= 0.3 is 0 Å². The van der Waals surface area contributed by atoms with E-state index in [0.29, 0.717) is 6.54 Å². The Morgan fingerprint density at radius 3 is 2.44 bits per heavy atom. The molecule has 4 nitrogen and oxygen atoms in total. The zero-order valence-electron chi connectivity index (χ0n) is 10.4. The lowest BCUT2D eigenvalue weighted by molar-refractivity contribution is -0.127. The van der Waals surface area contributed by atoms with Crippen LogP contribution in [0.2, 0.25) is 0 Å². The van der Waals surface area contributed by atoms with Crippen molar-refractivity contribution in [1.82, 2.24) is 10.6 Å². The van der Waals surface area contributed by atoms with Gasteiger partial charge in [0.15, 0.2) is 0 Å². The Labute approximate surface area is 97.8 Å². The van der Waals surface area contributed by atoms with Gasteiger partial charge in [-0.3, -0.25) is 4.79 Å². The highest BCUT2D eigenvalue weighted by Gasteiger charge is 2.29. The topological polar surface area (TPSA) is 61.4 Å². The fraction of sp³-hybridized carbons (Fsp3) is 0.917. The van der Waals surface area contributed by atoms with Crippen LogP contribution in [0.5, 0.6) is 0 Å². The summed E-state index contributed by atoms with van der Waals surface area (Å²) in [5, 5.41) is 15.2. The Bertz CT molecular complexity index is 223. The van der Waals surface area contributed by atoms with Crippen LogP contribution in [0.3, 0.4) is 0 Å². The highest BCUT2D eigenvalue weighted by atomic mass is 16.3. The molecular weight excluding hydrogens is 204 g/mol. The van der Waals surface area contributed by atoms with E-state index in [1.807, 2.05) is 0 Å². The first-order chi connectivity index (χ1) is 7.67. The number of rotatable bonds is 7. The quantitative estimate of drug-likeness (QED) is 0.595. The smallest absolute Gasteiger partial charge is 0.225 e. The molecule has 0 unspecified atom stereocenters. The van der Waals surface area contributed by atoms with Gasteiger partial charge < -0.3 is 15.7 Å². The van der Waals surface area contributed by atoms with E-state index in [0.717, 1.165) is 32.4 Å². The molecule has 1 rings (SSSR count). The maximum absolute atomic E-state index is 11.7. The van der Waals surface area contributed by atoms with Gasteiger partial charge in [0.1, 0.15) is 0 Å². The van der Waals surface area contributed by atoms with E-state index < -0.39 is 0 Å². The molecule has 94 valence electrons. The number of hydrogen-bond donors (Lipinski definition) is 3. The van der Waals surface area contributed by atoms with Crippen LogP contribution in [0.25, 0.3) is 0 Å². The predicted molar refractivity (Wildman–Crippen MR) is 64.1 cm³/mol. The van der Waals surface area contributed by atoms with Crippen molar-refractivity contribution in [2.45, 2.75) is 33.1 Å². The lowest BCUT2D eigenvalue weighted by Crippen LogP contribution is -2.52. The number of nitrogens with one attached hydrogen (secondary N) is 2. The molecule has 3 N–H and O–H groups in total. The maximum atomic E-state index is 11.7. The van der Waals surface area contributed by atoms with Crippen molar-refractivity contribution in [3.63, 3.8) is 0 Å². The molecule has 1 amide bonds. The van der Waals surface area contributed by atoms with E-state index >= 15 is 0 Å². The number of carbonyl (C=O) groups excluding carboxylic acids is 1. The molecular formula is C12H24N2O2. The van der Waals surface area contributed by atoms with Crippen LogP contribution in [0.4, 0.5) is 0 Å². The summed E-state index contributed by atoms with van der Waals surface area (Å²) in [6, 6.07) is 0. The van der Waals surface area contributed by atoms with Crippen molar-refractivity contribution in [2.75, 3.05) is 26.2 Å². The molecule has 0 saturated carbocycles. The highest BCUT2D eigenvalue weighted by Crippen LogP contribution is 2.29. The second-order valence-corrected chi connectivity index (χ2v) is 4.75. The number of amides is 1. The summed E-state index contributed by atoms with van der Waals surface area (Å²) >= 11 is 0. The fourth-order valence-electron chi connectivity index (χ4n) is 2.07. The van der Waals surface area contributed by atoms with Gasteiger partial charge in [-0.25, -0.2) is 0 Å². The molecule has 0 aliphatic carbocycles. The molecule has 0 aromatic rings. The molecule has 4 heteroatoms. The molecule has 1 aliphatic heterocycles. The summed E-state index contributed by atoms with van der Waals surface area (Å²) in [5.74, 6) is 0.309. The third-order valence-electron chi connectivity index (χ3n) is 3.93. The van der Waals surface area contributed by atoms with E-state index in [-0.39, 0.29) is 23.8 Å². The van der Waals surface area contributed by atoms with Crippen LogP contribution in [-0.4, -0.2) is 37.3 Å². The molecule has 1 fully saturated rings. The minimum Gasteiger partial charge on any atom is -0.396 e. The summed E-state index contributed by atoms with van der Waals surface area (Å²) in [7, 11) is 0. The lowest BCUT2D eigenvalue weighted by Gasteiger charge is -2.33. The Balaban J connectivity index is 2.38. The molecule has 0 bridgehead atoms. The molecule has 0 spiro atoms. The molecule has 0 aromatic heterocycles. The van der Waals surface area contributed by atoms with E-state index in [4.69, 9.17) is 5.11 Å². The molecule has 0 atom stereocenters. The highest BCUT2D eigenvalue weighted by molar-refractivity contribution is 5.80. The van der Waals surface area contributed by atoms with Crippen molar-refractivity contribution >= 4 is 5.91 Å². The normalized spacial score (nSPS) is 16.9. The van der Waals surface area contributed by atoms with E-state index in [2.05, 4.69) is 24.5 Å². The lowest BCUT2D eigenvalue weighted by atomic mass is 9.79. The first-order valence-electron chi connectivity index (χ1n) is 6.26. The fourth-order valence-corrected chi connectivity index (χ4v) is 2.07. The van der Waals surface area contributed by atoms with Gasteiger partial charge in [-0.05, 0) is 24.7 Å². The van der Waals surface area contributed by atoms with Crippen molar-refractivity contribution in [3.05, 3.63) is 0 Å². The van der Waals surface area contributed by atoms with Crippen LogP contribution >= 0.6 is 0 Å². The maximum Gasteiger partial charge on any atom is 0.225 e. The first-order valence-corrected chi connectivity index (χ1v) is 6.26. The number of carbonyl (C=O) groups is 1. The monoisotopic (exact) mass is 228 g/mol. The minimum atomic E-state index is 0.0710. The molecule has 0 aromatic carbocycles. The molecule has 0 radical (unpaired) electrons. The van der Waals surface area contributed by atoms with Crippen LogP contribution in [0, 0.1) is 11.3 Å². The average Bonchev–Trinajstić information content (AvgIpc) is 2.22. The Kier molecular flexibility index (Phi) is 5.22. The summed E-state index contributed by atoms with van der Waals surface area (Å²) in [6.07, 6.45) is 2.75. The number of hydrogen-bond acceptors (Lipinski definition) is 3. The largest absolute Gasteiger partial charge is 0.396 e. The van der Waals surface area contributed by atoms with Gasteiger partial charge in [0, 0.05) is 26.2 Å². The standard InChI is InChI=1S/C12H24N2O2/c1-3-12(4-2,5-6-15)9-14-11(16)10-7-13-8-10/h10,13,15H,3-9H2,1-2H3,(H,14,16). The van der Waals surface area contributed by atoms with E-state index in [1.54, 1.807) is 0 Å². The predicted octanol–water partition coefficient (Wildman–Crippen LogP) is 0.511. The van der Waals surface area contributed by atoms with E-state index in [9.17, 15) is 4.79 Å². The summed E-state index contributed by atoms with van der Waals surface area (Å²) in [4.78, 5) is 11.7. The second-order valence-electron chi connectivity index (χ2n) is 4.75. The summed E-state index contributed by atoms with van der Waals surface area (Å²) < 4.78 is 0. The SMILES string of the molecule is CCC(CC)(CCO)CNC(=O)C1CNC1. The van der Waals surface area contributed by atoms with Crippen LogP contribution in [0.15, 0.2) is 0 Å². The third-order valence-corrected chi connectivity index (χ3v) is 3.93. The molecule has 16 heavy (non-hydrogen) atoms. The van der Waals surface area contributed by atoms with Gasteiger partial charge in [-0.1, -0.05) is 13.8 Å². The van der Waals surface area contributed by atoms with Crippen LogP contribution in [0.1, 0.15) is 33.1 Å². The summed E-state index contributed by atoms with van der Waals surface area (Å²) in [5.41, 5.74) is 0.0710. The molecule has 1 heterocycles. The zero-order chi connectivity index (χ0) is 12.0. The number of aliphatic hydroxyl groups is 1. The average molecular weight is 228 g/mol. The van der Waals surface area contributed by atoms with Crippen molar-refractivity contribution in [1.29, 1.82) is 0 Å². The minimum absolute atomic E-state index is 0.0710. The zero-order valence-corrected chi connectivity index (χ0v) is 10.4. The molecule has 1 aliphatic rings. The van der Waals surface area contributed by atoms with Gasteiger partial charge in [0.05, 0.1) is 5.92 Å². The van der Waals surface area contributed by atoms with Crippen molar-refractivity contribution in [2.24, 2.45) is 11.3 Å². The van der Waals surface area contributed by atoms with Crippen LogP contribution in [-0.2, 0) is 4.79 Å². The Hall–Kier alpha value is -0.610. The summed E-state index contributed by atoms with van der Waals surface area (Å²) in [6.45, 7) is 6.74. The van der Waals surface area contributed by atoms with Gasteiger partial charge in [-0.15, -0.1) is 0 Å². The van der Waals surface area contributed by atoms with Crippen molar-refractivity contribution in [3.8, 4) is 0 Å². The third kappa shape index (κ3) is 3.19. The van der Waals surface area contributed by atoms with Gasteiger partial charge in [0.25, 0.3) is 0 Å². The van der Waals surface area contributed by atoms with E-state index in [1.165, 1.54) is 0 Å². The second kappa shape index (κ2) is 6.21. The number of aliphatic hydroxyl groups excluding tert-OH is 1. The van der Waals surface area contributed by atoms with Crippen molar-refractivity contribution < 1.29 is 9.90 Å². The van der Waals surface area contributed by atoms with Gasteiger partial charge in [-0.2, -0.15) is 0 Å². The van der Waals surface area contributed by atoms with Gasteiger partial charge in [0.2, 0.25) is 5.91 Å². The first kappa shape index (κ1) is 13.5. The molecule has 1 saturated heterocycles. The Morgan fingerprint density at radius 2 is 2.06 bits per heavy atom. The van der Waals surface area contributed by atoms with Crippen LogP contribution < -0.4 is 10.6 Å². The Morgan fingerprint density at radius 1 is 1.44 bits per heavy atom.